The highest BCUT2D eigenvalue weighted by Gasteiger charge is 2.51. The van der Waals surface area contributed by atoms with Gasteiger partial charge in [-0.25, -0.2) is 4.79 Å². The van der Waals surface area contributed by atoms with E-state index >= 15 is 0 Å². The van der Waals surface area contributed by atoms with Crippen LogP contribution in [0.1, 0.15) is 57.5 Å². The van der Waals surface area contributed by atoms with Gasteiger partial charge in [-0.2, -0.15) is 0 Å². The van der Waals surface area contributed by atoms with Crippen LogP contribution in [0.2, 0.25) is 0 Å². The lowest BCUT2D eigenvalue weighted by Crippen LogP contribution is -2.41. The van der Waals surface area contributed by atoms with Crippen molar-refractivity contribution in [2.45, 2.75) is 59.2 Å². The molecule has 120 valence electrons. The normalized spacial score (nSPS) is 19.3. The van der Waals surface area contributed by atoms with Crippen molar-refractivity contribution in [3.05, 3.63) is 29.3 Å². The van der Waals surface area contributed by atoms with Crippen LogP contribution in [-0.2, 0) is 20.5 Å². The Labute approximate surface area is 133 Å². The van der Waals surface area contributed by atoms with Gasteiger partial charge in [0.25, 0.3) is 0 Å². The monoisotopic (exact) mass is 304 g/mol. The lowest BCUT2D eigenvalue weighted by atomic mass is 9.77. The van der Waals surface area contributed by atoms with Gasteiger partial charge in [-0.3, -0.25) is 0 Å². The topological polar surface area (TPSA) is 44.8 Å². The molecule has 0 radical (unpaired) electrons. The first-order valence-electron chi connectivity index (χ1n) is 7.87. The molecule has 0 saturated carbocycles. The highest BCUT2D eigenvalue weighted by molar-refractivity contribution is 6.62. The molecule has 1 aliphatic rings. The summed E-state index contributed by atoms with van der Waals surface area (Å²) in [6, 6.07) is 5.67. The number of carbonyl (C=O) groups is 1. The maximum atomic E-state index is 12.0. The van der Waals surface area contributed by atoms with Crippen molar-refractivity contribution in [3.63, 3.8) is 0 Å². The van der Waals surface area contributed by atoms with E-state index in [9.17, 15) is 4.79 Å². The third kappa shape index (κ3) is 3.06. The van der Waals surface area contributed by atoms with Gasteiger partial charge in [-0.15, -0.1) is 0 Å². The van der Waals surface area contributed by atoms with Crippen LogP contribution in [0.5, 0.6) is 0 Å². The molecule has 0 aromatic heterocycles. The van der Waals surface area contributed by atoms with Gasteiger partial charge in [0.05, 0.1) is 23.4 Å². The zero-order valence-electron chi connectivity index (χ0n) is 14.4. The highest BCUT2D eigenvalue weighted by atomic mass is 16.7. The summed E-state index contributed by atoms with van der Waals surface area (Å²) in [6.45, 7) is 12.3. The van der Waals surface area contributed by atoms with Crippen LogP contribution in [0.4, 0.5) is 0 Å². The zero-order chi connectivity index (χ0) is 16.5. The predicted octanol–water partition coefficient (Wildman–Crippen LogP) is 2.72. The Morgan fingerprint density at radius 2 is 1.73 bits per heavy atom. The molecule has 22 heavy (non-hydrogen) atoms. The Balaban J connectivity index is 2.30. The van der Waals surface area contributed by atoms with Gasteiger partial charge in [0, 0.05) is 0 Å². The number of esters is 1. The van der Waals surface area contributed by atoms with Crippen LogP contribution in [-0.4, -0.2) is 30.9 Å². The van der Waals surface area contributed by atoms with Crippen LogP contribution in [0, 0.1) is 0 Å². The standard InChI is InChI=1S/C17H25BO4/c1-7-12-11-13(9-10-14(12)15(19)20-8-2)18-21-16(3,4)17(5,6)22-18/h9-11H,7-8H2,1-6H3. The van der Waals surface area contributed by atoms with Crippen molar-refractivity contribution in [1.82, 2.24) is 0 Å². The fourth-order valence-electron chi connectivity index (χ4n) is 2.44. The second-order valence-electron chi connectivity index (χ2n) is 6.58. The average Bonchev–Trinajstić information content (AvgIpc) is 2.67. The summed E-state index contributed by atoms with van der Waals surface area (Å²) in [4.78, 5) is 12.0. The lowest BCUT2D eigenvalue weighted by molar-refractivity contribution is 0.00578. The molecule has 1 fully saturated rings. The van der Waals surface area contributed by atoms with Crippen molar-refractivity contribution in [3.8, 4) is 0 Å². The molecule has 1 saturated heterocycles. The van der Waals surface area contributed by atoms with E-state index in [1.807, 2.05) is 53.7 Å². The molecule has 1 aliphatic heterocycles. The van der Waals surface area contributed by atoms with E-state index in [4.69, 9.17) is 14.0 Å². The fraction of sp³-hybridized carbons (Fsp3) is 0.588. The SMILES string of the molecule is CCOC(=O)c1ccc(B2OC(C)(C)C(C)(C)O2)cc1CC. The van der Waals surface area contributed by atoms with Crippen molar-refractivity contribution in [1.29, 1.82) is 0 Å². The van der Waals surface area contributed by atoms with Crippen molar-refractivity contribution < 1.29 is 18.8 Å². The molecule has 1 aromatic rings. The molecular formula is C17H25BO4. The molecule has 1 heterocycles. The summed E-state index contributed by atoms with van der Waals surface area (Å²) < 4.78 is 17.2. The van der Waals surface area contributed by atoms with Crippen LogP contribution >= 0.6 is 0 Å². The molecule has 0 atom stereocenters. The third-order valence-corrected chi connectivity index (χ3v) is 4.53. The first-order chi connectivity index (χ1) is 10.2. The Morgan fingerprint density at radius 3 is 2.23 bits per heavy atom. The van der Waals surface area contributed by atoms with Gasteiger partial charge in [0.1, 0.15) is 0 Å². The van der Waals surface area contributed by atoms with Gasteiger partial charge < -0.3 is 14.0 Å². The van der Waals surface area contributed by atoms with Gasteiger partial charge in [-0.05, 0) is 58.1 Å². The van der Waals surface area contributed by atoms with Gasteiger partial charge in [0.2, 0.25) is 0 Å². The summed E-state index contributed by atoms with van der Waals surface area (Å²) in [5.74, 6) is -0.278. The summed E-state index contributed by atoms with van der Waals surface area (Å²) in [5, 5.41) is 0. The first kappa shape index (κ1) is 17.0. The second-order valence-corrected chi connectivity index (χ2v) is 6.58. The molecule has 0 spiro atoms. The molecule has 4 nitrogen and oxygen atoms in total. The van der Waals surface area contributed by atoms with Crippen LogP contribution < -0.4 is 5.46 Å². The summed E-state index contributed by atoms with van der Waals surface area (Å²) in [6.07, 6.45) is 0.751. The quantitative estimate of drug-likeness (QED) is 0.634. The van der Waals surface area contributed by atoms with Gasteiger partial charge >= 0.3 is 13.1 Å². The number of benzene rings is 1. The maximum Gasteiger partial charge on any atom is 0.494 e. The van der Waals surface area contributed by atoms with E-state index in [1.165, 1.54) is 0 Å². The highest BCUT2D eigenvalue weighted by Crippen LogP contribution is 2.36. The Kier molecular flexibility index (Phi) is 4.69. The Hall–Kier alpha value is -1.33. The third-order valence-electron chi connectivity index (χ3n) is 4.53. The number of aryl methyl sites for hydroxylation is 1. The molecular weight excluding hydrogens is 279 g/mol. The predicted molar refractivity (Wildman–Crippen MR) is 87.5 cm³/mol. The first-order valence-corrected chi connectivity index (χ1v) is 7.87. The number of carbonyl (C=O) groups excluding carboxylic acids is 1. The molecule has 0 aliphatic carbocycles. The largest absolute Gasteiger partial charge is 0.494 e. The van der Waals surface area contributed by atoms with Crippen LogP contribution in [0.15, 0.2) is 18.2 Å². The summed E-state index contributed by atoms with van der Waals surface area (Å²) in [5.41, 5.74) is 1.76. The number of hydrogen-bond acceptors (Lipinski definition) is 4. The Bertz CT molecular complexity index is 550. The van der Waals surface area contributed by atoms with Crippen molar-refractivity contribution >= 4 is 18.6 Å². The van der Waals surface area contributed by atoms with Crippen molar-refractivity contribution in [2.75, 3.05) is 6.61 Å². The fourth-order valence-corrected chi connectivity index (χ4v) is 2.44. The van der Waals surface area contributed by atoms with E-state index in [-0.39, 0.29) is 17.2 Å². The molecule has 1 aromatic carbocycles. The zero-order valence-corrected chi connectivity index (χ0v) is 14.4. The van der Waals surface area contributed by atoms with Crippen LogP contribution in [0.3, 0.4) is 0 Å². The molecule has 5 heteroatoms. The lowest BCUT2D eigenvalue weighted by Gasteiger charge is -2.32. The molecule has 0 N–H and O–H groups in total. The minimum Gasteiger partial charge on any atom is -0.462 e. The number of ether oxygens (including phenoxy) is 1. The maximum absolute atomic E-state index is 12.0. The number of rotatable bonds is 4. The summed E-state index contributed by atoms with van der Waals surface area (Å²) >= 11 is 0. The minimum atomic E-state index is -0.411. The Morgan fingerprint density at radius 1 is 1.14 bits per heavy atom. The van der Waals surface area contributed by atoms with E-state index < -0.39 is 7.12 Å². The van der Waals surface area contributed by atoms with Crippen LogP contribution in [0.25, 0.3) is 0 Å². The van der Waals surface area contributed by atoms with Gasteiger partial charge in [0.15, 0.2) is 0 Å². The molecule has 0 bridgehead atoms. The minimum absolute atomic E-state index is 0.278. The smallest absolute Gasteiger partial charge is 0.462 e. The second kappa shape index (κ2) is 6.05. The van der Waals surface area contributed by atoms with Gasteiger partial charge in [-0.1, -0.05) is 19.1 Å². The molecule has 2 rings (SSSR count). The molecule has 0 unspecified atom stereocenters. The average molecular weight is 304 g/mol. The van der Waals surface area contributed by atoms with Crippen molar-refractivity contribution in [2.24, 2.45) is 0 Å². The van der Waals surface area contributed by atoms with E-state index in [2.05, 4.69) is 0 Å². The molecule has 0 amide bonds. The van der Waals surface area contributed by atoms with E-state index in [0.717, 1.165) is 17.4 Å². The van der Waals surface area contributed by atoms with E-state index in [0.29, 0.717) is 12.2 Å². The summed E-state index contributed by atoms with van der Waals surface area (Å²) in [7, 11) is -0.411. The van der Waals surface area contributed by atoms with E-state index in [1.54, 1.807) is 6.07 Å². The number of hydrogen-bond donors (Lipinski definition) is 0.